The van der Waals surface area contributed by atoms with Crippen LogP contribution < -0.4 is 10.6 Å². The standard InChI is InChI=1S/C20H22N6O/c1-26(2)19(27)11-3-8-14-15-10-21-20(23-13-6-7-13)25-17(15)18(22-12-4-5-12)24-16(14)9-11/h3,8-10,12-13H,4-7H2,1-2H3,(H,22,24)(H,21,23,25). The van der Waals surface area contributed by atoms with Crippen LogP contribution in [-0.4, -0.2) is 51.9 Å². The van der Waals surface area contributed by atoms with Gasteiger partial charge in [-0.1, -0.05) is 6.07 Å². The number of fused-ring (bicyclic) bond motifs is 3. The van der Waals surface area contributed by atoms with E-state index in [-0.39, 0.29) is 5.91 Å². The van der Waals surface area contributed by atoms with Crippen LogP contribution in [0.25, 0.3) is 21.8 Å². The normalized spacial score (nSPS) is 16.5. The van der Waals surface area contributed by atoms with Crippen molar-refractivity contribution in [3.8, 4) is 0 Å². The van der Waals surface area contributed by atoms with Crippen molar-refractivity contribution in [3.05, 3.63) is 30.0 Å². The van der Waals surface area contributed by atoms with Crippen molar-refractivity contribution in [1.29, 1.82) is 0 Å². The highest BCUT2D eigenvalue weighted by atomic mass is 16.2. The van der Waals surface area contributed by atoms with Gasteiger partial charge < -0.3 is 15.5 Å². The largest absolute Gasteiger partial charge is 0.366 e. The summed E-state index contributed by atoms with van der Waals surface area (Å²) < 4.78 is 0. The lowest BCUT2D eigenvalue weighted by molar-refractivity contribution is 0.0827. The molecule has 0 aliphatic heterocycles. The third kappa shape index (κ3) is 3.13. The molecule has 138 valence electrons. The van der Waals surface area contributed by atoms with Crippen molar-refractivity contribution in [1.82, 2.24) is 19.9 Å². The molecule has 3 aromatic rings. The molecule has 27 heavy (non-hydrogen) atoms. The smallest absolute Gasteiger partial charge is 0.253 e. The summed E-state index contributed by atoms with van der Waals surface area (Å²) in [5, 5.41) is 8.77. The molecule has 5 rings (SSSR count). The summed E-state index contributed by atoms with van der Waals surface area (Å²) in [6, 6.07) is 6.59. The first-order valence-electron chi connectivity index (χ1n) is 9.44. The van der Waals surface area contributed by atoms with Crippen LogP contribution in [0.2, 0.25) is 0 Å². The minimum Gasteiger partial charge on any atom is -0.366 e. The van der Waals surface area contributed by atoms with E-state index in [2.05, 4.69) is 15.6 Å². The predicted molar refractivity (Wildman–Crippen MR) is 106 cm³/mol. The SMILES string of the molecule is CN(C)C(=O)c1ccc2c(c1)nc(NC1CC1)c1nc(NC3CC3)ncc12. The van der Waals surface area contributed by atoms with Crippen LogP contribution in [0.3, 0.4) is 0 Å². The van der Waals surface area contributed by atoms with E-state index in [0.717, 1.165) is 40.5 Å². The van der Waals surface area contributed by atoms with Gasteiger partial charge in [0.15, 0.2) is 5.82 Å². The summed E-state index contributed by atoms with van der Waals surface area (Å²) in [5.41, 5.74) is 2.24. The number of nitrogens with zero attached hydrogens (tertiary/aromatic N) is 4. The number of rotatable bonds is 5. The van der Waals surface area contributed by atoms with Crippen molar-refractivity contribution >= 4 is 39.5 Å². The Morgan fingerprint density at radius 1 is 1.04 bits per heavy atom. The molecule has 2 aromatic heterocycles. The second-order valence-corrected chi connectivity index (χ2v) is 7.69. The van der Waals surface area contributed by atoms with Crippen molar-refractivity contribution in [3.63, 3.8) is 0 Å². The number of carbonyl (C=O) groups excluding carboxylic acids is 1. The molecule has 2 fully saturated rings. The number of pyridine rings is 1. The van der Waals surface area contributed by atoms with E-state index in [4.69, 9.17) is 9.97 Å². The van der Waals surface area contributed by atoms with E-state index in [1.54, 1.807) is 19.0 Å². The van der Waals surface area contributed by atoms with Gasteiger partial charge in [-0.05, 0) is 37.8 Å². The Morgan fingerprint density at radius 2 is 1.78 bits per heavy atom. The zero-order chi connectivity index (χ0) is 18.5. The molecule has 1 amide bonds. The van der Waals surface area contributed by atoms with E-state index >= 15 is 0 Å². The van der Waals surface area contributed by atoms with Gasteiger partial charge in [0.25, 0.3) is 5.91 Å². The van der Waals surface area contributed by atoms with Crippen LogP contribution in [0, 0.1) is 0 Å². The van der Waals surface area contributed by atoms with Crippen LogP contribution in [0.5, 0.6) is 0 Å². The monoisotopic (exact) mass is 362 g/mol. The highest BCUT2D eigenvalue weighted by Gasteiger charge is 2.25. The summed E-state index contributed by atoms with van der Waals surface area (Å²) in [7, 11) is 3.51. The first-order chi connectivity index (χ1) is 13.1. The number of carbonyl (C=O) groups is 1. The second-order valence-electron chi connectivity index (χ2n) is 7.69. The molecule has 2 heterocycles. The van der Waals surface area contributed by atoms with E-state index in [1.165, 1.54) is 12.8 Å². The summed E-state index contributed by atoms with van der Waals surface area (Å²) in [6.45, 7) is 0. The van der Waals surface area contributed by atoms with Gasteiger partial charge in [0.2, 0.25) is 5.95 Å². The van der Waals surface area contributed by atoms with Crippen LogP contribution in [0.4, 0.5) is 11.8 Å². The summed E-state index contributed by atoms with van der Waals surface area (Å²) in [4.78, 5) is 28.0. The van der Waals surface area contributed by atoms with Crippen molar-refractivity contribution in [2.24, 2.45) is 0 Å². The Balaban J connectivity index is 1.67. The third-order valence-corrected chi connectivity index (χ3v) is 5.02. The van der Waals surface area contributed by atoms with Crippen molar-refractivity contribution in [2.45, 2.75) is 37.8 Å². The lowest BCUT2D eigenvalue weighted by Crippen LogP contribution is -2.21. The number of aromatic nitrogens is 3. The van der Waals surface area contributed by atoms with Crippen molar-refractivity contribution < 1.29 is 4.79 Å². The lowest BCUT2D eigenvalue weighted by atomic mass is 10.1. The van der Waals surface area contributed by atoms with Gasteiger partial charge in [0.05, 0.1) is 5.52 Å². The van der Waals surface area contributed by atoms with Gasteiger partial charge in [-0.25, -0.2) is 15.0 Å². The van der Waals surface area contributed by atoms with Crippen LogP contribution >= 0.6 is 0 Å². The van der Waals surface area contributed by atoms with Gasteiger partial charge >= 0.3 is 0 Å². The zero-order valence-corrected chi connectivity index (χ0v) is 15.5. The molecule has 0 unspecified atom stereocenters. The molecule has 7 heteroatoms. The van der Waals surface area contributed by atoms with E-state index < -0.39 is 0 Å². The van der Waals surface area contributed by atoms with Gasteiger partial charge in [0, 0.05) is 48.7 Å². The molecule has 2 aliphatic carbocycles. The highest BCUT2D eigenvalue weighted by Crippen LogP contribution is 2.33. The quantitative estimate of drug-likeness (QED) is 0.679. The predicted octanol–water partition coefficient (Wildman–Crippen LogP) is 3.03. The summed E-state index contributed by atoms with van der Waals surface area (Å²) in [5.74, 6) is 1.40. The minimum absolute atomic E-state index is 0.0317. The molecule has 0 atom stereocenters. The van der Waals surface area contributed by atoms with E-state index in [9.17, 15) is 4.79 Å². The van der Waals surface area contributed by atoms with Gasteiger partial charge in [-0.2, -0.15) is 0 Å². The molecule has 0 saturated heterocycles. The Hall–Kier alpha value is -2.96. The molecular weight excluding hydrogens is 340 g/mol. The maximum absolute atomic E-state index is 12.3. The molecule has 1 aromatic carbocycles. The number of hydrogen-bond donors (Lipinski definition) is 2. The molecule has 2 N–H and O–H groups in total. The maximum Gasteiger partial charge on any atom is 0.253 e. The Kier molecular flexibility index (Phi) is 3.63. The number of benzene rings is 1. The zero-order valence-electron chi connectivity index (χ0n) is 15.5. The highest BCUT2D eigenvalue weighted by molar-refractivity contribution is 6.10. The average Bonchev–Trinajstić information content (AvgIpc) is 3.57. The Morgan fingerprint density at radius 3 is 2.48 bits per heavy atom. The fraction of sp³-hybridized carbons (Fsp3) is 0.400. The summed E-state index contributed by atoms with van der Waals surface area (Å²) in [6.07, 6.45) is 6.51. The van der Waals surface area contributed by atoms with Crippen LogP contribution in [-0.2, 0) is 0 Å². The fourth-order valence-electron chi connectivity index (χ4n) is 3.18. The molecule has 0 radical (unpaired) electrons. The van der Waals surface area contributed by atoms with Gasteiger partial charge in [0.1, 0.15) is 5.52 Å². The van der Waals surface area contributed by atoms with Crippen molar-refractivity contribution in [2.75, 3.05) is 24.7 Å². The van der Waals surface area contributed by atoms with Gasteiger partial charge in [-0.3, -0.25) is 4.79 Å². The first kappa shape index (κ1) is 16.2. The Bertz CT molecular complexity index is 1060. The van der Waals surface area contributed by atoms with Crippen LogP contribution in [0.15, 0.2) is 24.4 Å². The summed E-state index contributed by atoms with van der Waals surface area (Å²) >= 11 is 0. The Labute approximate surface area is 157 Å². The van der Waals surface area contributed by atoms with Gasteiger partial charge in [-0.15, -0.1) is 0 Å². The number of amides is 1. The fourth-order valence-corrected chi connectivity index (χ4v) is 3.18. The third-order valence-electron chi connectivity index (χ3n) is 5.02. The maximum atomic E-state index is 12.3. The second kappa shape index (κ2) is 6.04. The lowest BCUT2D eigenvalue weighted by Gasteiger charge is -2.14. The van der Waals surface area contributed by atoms with E-state index in [1.807, 2.05) is 24.4 Å². The number of anilines is 2. The molecular formula is C20H22N6O. The number of nitrogens with one attached hydrogen (secondary N) is 2. The molecule has 0 bridgehead atoms. The average molecular weight is 362 g/mol. The minimum atomic E-state index is -0.0317. The topological polar surface area (TPSA) is 83.0 Å². The van der Waals surface area contributed by atoms with E-state index in [0.29, 0.717) is 23.6 Å². The molecule has 7 nitrogen and oxygen atoms in total. The molecule has 2 aliphatic rings. The number of hydrogen-bond acceptors (Lipinski definition) is 6. The first-order valence-corrected chi connectivity index (χ1v) is 9.44. The molecule has 2 saturated carbocycles. The molecule has 0 spiro atoms. The van der Waals surface area contributed by atoms with Crippen LogP contribution in [0.1, 0.15) is 36.0 Å².